The van der Waals surface area contributed by atoms with Crippen LogP contribution in [0.15, 0.2) is 0 Å². The summed E-state index contributed by atoms with van der Waals surface area (Å²) in [6.07, 6.45) is 26.8. The van der Waals surface area contributed by atoms with E-state index in [2.05, 4.69) is 20.8 Å². The van der Waals surface area contributed by atoms with Crippen molar-refractivity contribution in [2.24, 2.45) is 0 Å². The molecular formula is C28H60BaO3S. The molecule has 33 heavy (non-hydrogen) atoms. The summed E-state index contributed by atoms with van der Waals surface area (Å²) in [5, 5.41) is 0. The van der Waals surface area contributed by atoms with Crippen LogP contribution in [0.2, 0.25) is 0 Å². The van der Waals surface area contributed by atoms with Gasteiger partial charge in [0.1, 0.15) is 0 Å². The molecule has 0 aliphatic carbocycles. The van der Waals surface area contributed by atoms with E-state index in [1.54, 1.807) is 0 Å². The van der Waals surface area contributed by atoms with Crippen molar-refractivity contribution >= 4 is 59.0 Å². The van der Waals surface area contributed by atoms with E-state index in [4.69, 9.17) is 0 Å². The monoisotopic (exact) mass is 614 g/mol. The van der Waals surface area contributed by atoms with Crippen LogP contribution >= 0.6 is 0 Å². The fraction of sp³-hybridized carbons (Fsp3) is 1.00. The second kappa shape index (κ2) is 25.1. The zero-order valence-corrected chi connectivity index (χ0v) is 28.1. The van der Waals surface area contributed by atoms with Crippen molar-refractivity contribution in [1.82, 2.24) is 0 Å². The second-order valence-corrected chi connectivity index (χ2v) is 12.1. The van der Waals surface area contributed by atoms with Crippen LogP contribution < -0.4 is 0 Å². The van der Waals surface area contributed by atoms with E-state index in [0.29, 0.717) is 19.3 Å². The Labute approximate surface area is 252 Å². The smallest absolute Gasteiger partial charge is 1.00 e. The van der Waals surface area contributed by atoms with Gasteiger partial charge in [0.15, 0.2) is 0 Å². The van der Waals surface area contributed by atoms with Gasteiger partial charge in [0, 0.05) is 0 Å². The van der Waals surface area contributed by atoms with Gasteiger partial charge in [0.2, 0.25) is 0 Å². The number of rotatable bonds is 25. The Kier molecular flexibility index (Phi) is 27.9. The quantitative estimate of drug-likeness (QED) is 0.0633. The van der Waals surface area contributed by atoms with Crippen LogP contribution in [0.5, 0.6) is 0 Å². The molecule has 0 aliphatic heterocycles. The van der Waals surface area contributed by atoms with Crippen LogP contribution in [0.1, 0.15) is 178 Å². The SMILES string of the molecule is CCCCCCCCCC(CCCCCCCCC)(CCCCCCCCC)S(=O)(=O)O.[Ba+2].[H-].[H-]. The van der Waals surface area contributed by atoms with Crippen molar-refractivity contribution in [3.8, 4) is 0 Å². The third-order valence-electron chi connectivity index (χ3n) is 7.26. The van der Waals surface area contributed by atoms with Gasteiger partial charge in [-0.25, -0.2) is 0 Å². The molecule has 0 radical (unpaired) electrons. The molecule has 0 aliphatic rings. The van der Waals surface area contributed by atoms with Crippen molar-refractivity contribution in [2.75, 3.05) is 0 Å². The van der Waals surface area contributed by atoms with Gasteiger partial charge in [-0.15, -0.1) is 0 Å². The predicted octanol–water partition coefficient (Wildman–Crippen LogP) is 9.88. The van der Waals surface area contributed by atoms with Gasteiger partial charge in [-0.1, -0.05) is 156 Å². The Morgan fingerprint density at radius 2 is 0.697 bits per heavy atom. The molecule has 5 heteroatoms. The predicted molar refractivity (Wildman–Crippen MR) is 150 cm³/mol. The molecule has 0 spiro atoms. The maximum Gasteiger partial charge on any atom is 2.00 e. The van der Waals surface area contributed by atoms with Crippen LogP contribution in [-0.2, 0) is 10.1 Å². The van der Waals surface area contributed by atoms with Crippen molar-refractivity contribution in [1.29, 1.82) is 0 Å². The van der Waals surface area contributed by atoms with Crippen LogP contribution in [-0.4, -0.2) is 66.6 Å². The minimum Gasteiger partial charge on any atom is -1.00 e. The summed E-state index contributed by atoms with van der Waals surface area (Å²) in [4.78, 5) is 0. The summed E-state index contributed by atoms with van der Waals surface area (Å²) < 4.78 is 34.7. The summed E-state index contributed by atoms with van der Waals surface area (Å²) in [6.45, 7) is 6.69. The molecule has 1 N–H and O–H groups in total. The standard InChI is InChI=1S/C28H58O3S.Ba.2H/c1-4-7-10-13-16-19-22-25-28(32(29,30)31,26-23-20-17-14-11-8-5-2)27-24-21-18-15-12-9-6-3;;;/h4-27H2,1-3H3,(H,29,30,31);;;/q;+2;2*-1. The molecule has 0 atom stereocenters. The molecule has 0 unspecified atom stereocenters. The first kappa shape index (κ1) is 36.6. The average Bonchev–Trinajstić information content (AvgIpc) is 2.75. The molecule has 0 rings (SSSR count). The molecule has 0 amide bonds. The first-order chi connectivity index (χ1) is 15.4. The Bertz CT molecular complexity index is 459. The van der Waals surface area contributed by atoms with Crippen LogP contribution in [0.3, 0.4) is 0 Å². The zero-order valence-electron chi connectivity index (χ0n) is 24.8. The Morgan fingerprint density at radius 3 is 0.909 bits per heavy atom. The molecule has 198 valence electrons. The summed E-state index contributed by atoms with van der Waals surface area (Å²) in [5.41, 5.74) is 0. The molecule has 0 aromatic rings. The molecular weight excluding hydrogens is 554 g/mol. The molecule has 0 saturated heterocycles. The molecule has 0 aromatic carbocycles. The minimum atomic E-state index is -4.03. The van der Waals surface area contributed by atoms with Gasteiger partial charge >= 0.3 is 48.9 Å². The third-order valence-corrected chi connectivity index (χ3v) is 8.96. The van der Waals surface area contributed by atoms with E-state index in [9.17, 15) is 13.0 Å². The van der Waals surface area contributed by atoms with E-state index in [1.165, 1.54) is 96.3 Å². The maximum atomic E-state index is 12.6. The Morgan fingerprint density at radius 1 is 0.485 bits per heavy atom. The van der Waals surface area contributed by atoms with Gasteiger partial charge in [-0.2, -0.15) is 8.42 Å². The van der Waals surface area contributed by atoms with Crippen molar-refractivity contribution in [2.45, 2.75) is 180 Å². The van der Waals surface area contributed by atoms with Gasteiger partial charge < -0.3 is 2.85 Å². The molecule has 0 heterocycles. The fourth-order valence-electron chi connectivity index (χ4n) is 4.97. The van der Waals surface area contributed by atoms with E-state index < -0.39 is 14.9 Å². The summed E-state index contributed by atoms with van der Waals surface area (Å²) in [6, 6.07) is 0. The second-order valence-electron chi connectivity index (χ2n) is 10.3. The van der Waals surface area contributed by atoms with E-state index >= 15 is 0 Å². The van der Waals surface area contributed by atoms with Gasteiger partial charge in [-0.05, 0) is 19.3 Å². The van der Waals surface area contributed by atoms with Gasteiger partial charge in [0.05, 0.1) is 4.75 Å². The largest absolute Gasteiger partial charge is 2.00 e. The van der Waals surface area contributed by atoms with Crippen LogP contribution in [0.25, 0.3) is 0 Å². The normalized spacial score (nSPS) is 12.1. The fourth-order valence-corrected chi connectivity index (χ4v) is 6.18. The molecule has 3 nitrogen and oxygen atoms in total. The third kappa shape index (κ3) is 20.2. The number of unbranched alkanes of at least 4 members (excludes halogenated alkanes) is 18. The van der Waals surface area contributed by atoms with Crippen LogP contribution in [0.4, 0.5) is 0 Å². The molecule has 0 saturated carbocycles. The molecule has 0 bridgehead atoms. The summed E-state index contributed by atoms with van der Waals surface area (Å²) >= 11 is 0. The Balaban J connectivity index is -0.00000160. The van der Waals surface area contributed by atoms with E-state index in [-0.39, 0.29) is 51.7 Å². The van der Waals surface area contributed by atoms with Gasteiger partial charge in [0.25, 0.3) is 10.1 Å². The summed E-state index contributed by atoms with van der Waals surface area (Å²) in [5.74, 6) is 0. The first-order valence-corrected chi connectivity index (χ1v) is 15.8. The van der Waals surface area contributed by atoms with Gasteiger partial charge in [-0.3, -0.25) is 4.55 Å². The number of hydrogen-bond acceptors (Lipinski definition) is 2. The van der Waals surface area contributed by atoms with Crippen molar-refractivity contribution in [3.63, 3.8) is 0 Å². The molecule has 0 fully saturated rings. The van der Waals surface area contributed by atoms with E-state index in [1.807, 2.05) is 0 Å². The molecule has 0 aromatic heterocycles. The zero-order chi connectivity index (χ0) is 24.0. The number of hydrogen-bond donors (Lipinski definition) is 1. The van der Waals surface area contributed by atoms with Crippen molar-refractivity contribution in [3.05, 3.63) is 0 Å². The Hall–Kier alpha value is 1.48. The topological polar surface area (TPSA) is 54.4 Å². The minimum absolute atomic E-state index is 0. The summed E-state index contributed by atoms with van der Waals surface area (Å²) in [7, 11) is -4.03. The average molecular weight is 614 g/mol. The van der Waals surface area contributed by atoms with Crippen molar-refractivity contribution < 1.29 is 15.8 Å². The van der Waals surface area contributed by atoms with E-state index in [0.717, 1.165) is 38.5 Å². The first-order valence-electron chi connectivity index (χ1n) is 14.4. The van der Waals surface area contributed by atoms with Crippen LogP contribution in [0, 0.1) is 0 Å². The maximum absolute atomic E-state index is 12.6.